The second-order valence-electron chi connectivity index (χ2n) is 6.62. The van der Waals surface area contributed by atoms with E-state index in [1.54, 1.807) is 7.11 Å². The summed E-state index contributed by atoms with van der Waals surface area (Å²) >= 11 is 5.30. The van der Waals surface area contributed by atoms with Crippen molar-refractivity contribution in [1.29, 1.82) is 0 Å². The van der Waals surface area contributed by atoms with Crippen molar-refractivity contribution in [3.8, 4) is 5.75 Å². The van der Waals surface area contributed by atoms with Gasteiger partial charge in [-0.25, -0.2) is 0 Å². The lowest BCUT2D eigenvalue weighted by Crippen LogP contribution is -2.45. The van der Waals surface area contributed by atoms with E-state index in [0.29, 0.717) is 10.7 Å². The Hall–Kier alpha value is -2.86. The summed E-state index contributed by atoms with van der Waals surface area (Å²) in [7, 11) is 1.63. The van der Waals surface area contributed by atoms with E-state index in [2.05, 4.69) is 16.0 Å². The van der Waals surface area contributed by atoms with Gasteiger partial charge in [-0.3, -0.25) is 4.79 Å². The third-order valence-electron chi connectivity index (χ3n) is 4.60. The van der Waals surface area contributed by atoms with Crippen LogP contribution >= 0.6 is 12.2 Å². The molecule has 0 aromatic heterocycles. The number of anilines is 1. The first-order valence-corrected chi connectivity index (χ1v) is 9.10. The molecule has 0 aliphatic carbocycles. The van der Waals surface area contributed by atoms with E-state index in [0.717, 1.165) is 33.8 Å². The van der Waals surface area contributed by atoms with Crippen molar-refractivity contribution >= 4 is 28.9 Å². The van der Waals surface area contributed by atoms with Gasteiger partial charge in [0, 0.05) is 11.4 Å². The van der Waals surface area contributed by atoms with Crippen molar-refractivity contribution in [1.82, 2.24) is 10.6 Å². The Kier molecular flexibility index (Phi) is 5.46. The van der Waals surface area contributed by atoms with Gasteiger partial charge < -0.3 is 20.7 Å². The average Bonchev–Trinajstić information content (AvgIpc) is 2.64. The second-order valence-corrected chi connectivity index (χ2v) is 7.02. The first-order chi connectivity index (χ1) is 12.9. The minimum atomic E-state index is -0.338. The first-order valence-electron chi connectivity index (χ1n) is 8.70. The highest BCUT2D eigenvalue weighted by atomic mass is 32.1. The number of ether oxygens (including phenoxy) is 1. The summed E-state index contributed by atoms with van der Waals surface area (Å²) in [5.41, 5.74) is 5.19. The number of carbonyl (C=O) groups excluding carboxylic acids is 1. The molecule has 3 rings (SSSR count). The molecule has 1 heterocycles. The Balaban J connectivity index is 1.95. The predicted molar refractivity (Wildman–Crippen MR) is 112 cm³/mol. The van der Waals surface area contributed by atoms with Crippen LogP contribution in [0.25, 0.3) is 0 Å². The lowest BCUT2D eigenvalue weighted by molar-refractivity contribution is -0.113. The molecule has 2 aromatic rings. The maximum Gasteiger partial charge on any atom is 0.255 e. The van der Waals surface area contributed by atoms with Crippen LogP contribution < -0.4 is 20.7 Å². The van der Waals surface area contributed by atoms with Crippen LogP contribution in [0.4, 0.5) is 5.69 Å². The molecule has 0 saturated heterocycles. The van der Waals surface area contributed by atoms with Crippen LogP contribution in [0.5, 0.6) is 5.75 Å². The highest BCUT2D eigenvalue weighted by Gasteiger charge is 2.30. The summed E-state index contributed by atoms with van der Waals surface area (Å²) in [5, 5.41) is 9.80. The first kappa shape index (κ1) is 18.9. The van der Waals surface area contributed by atoms with Gasteiger partial charge in [-0.1, -0.05) is 24.3 Å². The van der Waals surface area contributed by atoms with Gasteiger partial charge in [0.1, 0.15) is 5.75 Å². The van der Waals surface area contributed by atoms with Crippen molar-refractivity contribution < 1.29 is 9.53 Å². The van der Waals surface area contributed by atoms with Crippen LogP contribution in [0, 0.1) is 13.8 Å². The van der Waals surface area contributed by atoms with E-state index in [1.165, 1.54) is 0 Å². The van der Waals surface area contributed by atoms with E-state index in [9.17, 15) is 4.79 Å². The quantitative estimate of drug-likeness (QED) is 0.704. The molecule has 0 fully saturated rings. The SMILES string of the molecule is COc1ccc([C@@H]2NC(=S)NC(C)=C2C(=O)Nc2cc(C)ccc2C)cc1. The number of hydrogen-bond donors (Lipinski definition) is 3. The number of rotatable bonds is 4. The Morgan fingerprint density at radius 1 is 1.11 bits per heavy atom. The molecular weight excluding hydrogens is 358 g/mol. The molecule has 0 spiro atoms. The highest BCUT2D eigenvalue weighted by Crippen LogP contribution is 2.29. The van der Waals surface area contributed by atoms with Crippen LogP contribution in [-0.4, -0.2) is 18.1 Å². The van der Waals surface area contributed by atoms with Crippen molar-refractivity contribution in [2.75, 3.05) is 12.4 Å². The molecule has 1 atom stereocenters. The van der Waals surface area contributed by atoms with E-state index in [-0.39, 0.29) is 11.9 Å². The Morgan fingerprint density at radius 3 is 2.48 bits per heavy atom. The van der Waals surface area contributed by atoms with Gasteiger partial charge in [-0.2, -0.15) is 0 Å². The van der Waals surface area contributed by atoms with Gasteiger partial charge in [0.05, 0.1) is 18.7 Å². The fraction of sp³-hybridized carbons (Fsp3) is 0.238. The van der Waals surface area contributed by atoms with E-state index >= 15 is 0 Å². The van der Waals surface area contributed by atoms with E-state index in [1.807, 2.05) is 63.2 Å². The fourth-order valence-electron chi connectivity index (χ4n) is 3.10. The third kappa shape index (κ3) is 4.11. The highest BCUT2D eigenvalue weighted by molar-refractivity contribution is 7.80. The molecule has 140 valence electrons. The summed E-state index contributed by atoms with van der Waals surface area (Å²) in [4.78, 5) is 13.1. The van der Waals surface area contributed by atoms with Crippen molar-refractivity contribution in [2.24, 2.45) is 0 Å². The topological polar surface area (TPSA) is 62.4 Å². The smallest absolute Gasteiger partial charge is 0.255 e. The minimum Gasteiger partial charge on any atom is -0.497 e. The summed E-state index contributed by atoms with van der Waals surface area (Å²) < 4.78 is 5.23. The van der Waals surface area contributed by atoms with Gasteiger partial charge in [-0.15, -0.1) is 0 Å². The summed E-state index contributed by atoms with van der Waals surface area (Å²) in [6.45, 7) is 5.84. The lowest BCUT2D eigenvalue weighted by Gasteiger charge is -2.30. The fourth-order valence-corrected chi connectivity index (χ4v) is 3.37. The number of nitrogens with one attached hydrogen (secondary N) is 3. The molecule has 0 saturated carbocycles. The van der Waals surface area contributed by atoms with Crippen LogP contribution in [0.1, 0.15) is 29.7 Å². The number of hydrogen-bond acceptors (Lipinski definition) is 3. The number of aryl methyl sites for hydroxylation is 2. The van der Waals surface area contributed by atoms with Crippen molar-refractivity contribution in [3.63, 3.8) is 0 Å². The molecule has 27 heavy (non-hydrogen) atoms. The standard InChI is InChI=1S/C21H23N3O2S/c1-12-5-6-13(2)17(11-12)23-20(25)18-14(3)22-21(27)24-19(18)15-7-9-16(26-4)10-8-15/h5-11,19H,1-4H3,(H,23,25)(H2,22,24,27)/t19-/m0/s1. The maximum atomic E-state index is 13.1. The zero-order valence-corrected chi connectivity index (χ0v) is 16.7. The molecule has 6 heteroatoms. The number of thiocarbonyl (C=S) groups is 1. The van der Waals surface area contributed by atoms with Gasteiger partial charge in [0.15, 0.2) is 5.11 Å². The monoisotopic (exact) mass is 381 g/mol. The average molecular weight is 382 g/mol. The zero-order chi connectivity index (χ0) is 19.6. The Labute approximate surface area is 164 Å². The number of amides is 1. The second kappa shape index (κ2) is 7.80. The van der Waals surface area contributed by atoms with Gasteiger partial charge in [-0.05, 0) is 67.9 Å². The van der Waals surface area contributed by atoms with Gasteiger partial charge in [0.2, 0.25) is 0 Å². The number of carbonyl (C=O) groups is 1. The molecule has 1 amide bonds. The molecule has 1 aliphatic heterocycles. The van der Waals surface area contributed by atoms with Crippen LogP contribution in [0.2, 0.25) is 0 Å². The molecule has 0 unspecified atom stereocenters. The van der Waals surface area contributed by atoms with Crippen molar-refractivity contribution in [2.45, 2.75) is 26.8 Å². The Bertz CT molecular complexity index is 920. The lowest BCUT2D eigenvalue weighted by atomic mass is 9.94. The summed E-state index contributed by atoms with van der Waals surface area (Å²) in [5.74, 6) is 0.599. The normalized spacial score (nSPS) is 16.4. The van der Waals surface area contributed by atoms with Gasteiger partial charge in [0.25, 0.3) is 5.91 Å². The summed E-state index contributed by atoms with van der Waals surface area (Å²) in [6.07, 6.45) is 0. The molecule has 2 aromatic carbocycles. The van der Waals surface area contributed by atoms with Crippen LogP contribution in [0.15, 0.2) is 53.7 Å². The Morgan fingerprint density at radius 2 is 1.81 bits per heavy atom. The largest absolute Gasteiger partial charge is 0.497 e. The molecule has 5 nitrogen and oxygen atoms in total. The maximum absolute atomic E-state index is 13.1. The van der Waals surface area contributed by atoms with E-state index < -0.39 is 0 Å². The van der Waals surface area contributed by atoms with Gasteiger partial charge >= 0.3 is 0 Å². The summed E-state index contributed by atoms with van der Waals surface area (Å²) in [6, 6.07) is 13.3. The van der Waals surface area contributed by atoms with E-state index in [4.69, 9.17) is 17.0 Å². The number of benzene rings is 2. The van der Waals surface area contributed by atoms with Crippen molar-refractivity contribution in [3.05, 3.63) is 70.4 Å². The molecule has 1 aliphatic rings. The predicted octanol–water partition coefficient (Wildman–Crippen LogP) is 3.74. The molecule has 0 radical (unpaired) electrons. The number of methoxy groups -OCH3 is 1. The molecule has 3 N–H and O–H groups in total. The van der Waals surface area contributed by atoms with Crippen LogP contribution in [-0.2, 0) is 4.79 Å². The number of allylic oxidation sites excluding steroid dienone is 1. The minimum absolute atomic E-state index is 0.162. The molecule has 0 bridgehead atoms. The third-order valence-corrected chi connectivity index (χ3v) is 4.82. The molecular formula is C21H23N3O2S. The van der Waals surface area contributed by atoms with Crippen LogP contribution in [0.3, 0.4) is 0 Å². The zero-order valence-electron chi connectivity index (χ0n) is 15.8.